The van der Waals surface area contributed by atoms with Crippen molar-refractivity contribution < 1.29 is 4.74 Å². The molecule has 0 saturated heterocycles. The van der Waals surface area contributed by atoms with Gasteiger partial charge < -0.3 is 9.30 Å². The fourth-order valence-corrected chi connectivity index (χ4v) is 2.20. The van der Waals surface area contributed by atoms with E-state index in [0.717, 1.165) is 23.4 Å². The Morgan fingerprint density at radius 1 is 1.40 bits per heavy atom. The van der Waals surface area contributed by atoms with E-state index in [-0.39, 0.29) is 5.38 Å². The zero-order chi connectivity index (χ0) is 10.3. The minimum Gasteiger partial charge on any atom is -0.372 e. The molecule has 2 heterocycles. The highest BCUT2D eigenvalue weighted by Crippen LogP contribution is 2.20. The minimum atomic E-state index is 0.0313. The molecule has 1 aliphatic rings. The zero-order valence-corrected chi connectivity index (χ0v) is 8.94. The Bertz CT molecular complexity index is 494. The van der Waals surface area contributed by atoms with Crippen LogP contribution in [0.3, 0.4) is 0 Å². The lowest BCUT2D eigenvalue weighted by atomic mass is 10.3. The number of hydrogen-bond acceptors (Lipinski definition) is 2. The maximum atomic E-state index is 6.13. The number of nitrogens with zero attached hydrogens (tertiary/aromatic N) is 2. The lowest BCUT2D eigenvalue weighted by Gasteiger charge is -2.06. The van der Waals surface area contributed by atoms with Gasteiger partial charge in [-0.15, -0.1) is 11.6 Å². The predicted molar refractivity (Wildman–Crippen MR) is 59.0 cm³/mol. The number of halogens is 1. The number of rotatable bonds is 0. The number of ether oxygens (including phenoxy) is 1. The van der Waals surface area contributed by atoms with Gasteiger partial charge in [-0.05, 0) is 12.1 Å². The standard InChI is InChI=1S/C11H11ClN2O/c12-8-5-14-10-4-2-1-3-9(10)13-11(14)7-15-6-8/h1-4,8H,5-7H2/t8-/m0/s1. The molecule has 0 N–H and O–H groups in total. The van der Waals surface area contributed by atoms with Crippen LogP contribution in [-0.2, 0) is 17.9 Å². The molecule has 1 aromatic heterocycles. The summed E-state index contributed by atoms with van der Waals surface area (Å²) in [5, 5.41) is 0.0313. The normalized spacial score (nSPS) is 21.3. The van der Waals surface area contributed by atoms with E-state index in [9.17, 15) is 0 Å². The van der Waals surface area contributed by atoms with Crippen molar-refractivity contribution in [3.8, 4) is 0 Å². The number of benzene rings is 1. The van der Waals surface area contributed by atoms with E-state index in [2.05, 4.69) is 15.6 Å². The maximum absolute atomic E-state index is 6.13. The second-order valence-electron chi connectivity index (χ2n) is 3.74. The summed E-state index contributed by atoms with van der Waals surface area (Å²) in [5.41, 5.74) is 2.16. The number of hydrogen-bond donors (Lipinski definition) is 0. The Morgan fingerprint density at radius 2 is 2.27 bits per heavy atom. The Kier molecular flexibility index (Phi) is 2.15. The summed E-state index contributed by atoms with van der Waals surface area (Å²) >= 11 is 6.13. The van der Waals surface area contributed by atoms with Crippen molar-refractivity contribution in [2.45, 2.75) is 18.5 Å². The molecule has 1 aliphatic heterocycles. The molecule has 0 bridgehead atoms. The van der Waals surface area contributed by atoms with E-state index in [1.54, 1.807) is 0 Å². The van der Waals surface area contributed by atoms with Crippen LogP contribution in [0.15, 0.2) is 24.3 Å². The van der Waals surface area contributed by atoms with Crippen LogP contribution in [0.2, 0.25) is 0 Å². The summed E-state index contributed by atoms with van der Waals surface area (Å²) in [4.78, 5) is 4.53. The number of fused-ring (bicyclic) bond motifs is 3. The number of alkyl halides is 1. The maximum Gasteiger partial charge on any atom is 0.136 e. The average Bonchev–Trinajstić information content (AvgIpc) is 2.47. The van der Waals surface area contributed by atoms with Crippen LogP contribution in [0, 0.1) is 0 Å². The molecule has 0 aliphatic carbocycles. The van der Waals surface area contributed by atoms with Gasteiger partial charge in [0.2, 0.25) is 0 Å². The zero-order valence-electron chi connectivity index (χ0n) is 8.19. The molecule has 0 unspecified atom stereocenters. The van der Waals surface area contributed by atoms with Crippen LogP contribution in [0.4, 0.5) is 0 Å². The highest BCUT2D eigenvalue weighted by atomic mass is 35.5. The third-order valence-corrected chi connectivity index (χ3v) is 2.91. The van der Waals surface area contributed by atoms with Crippen molar-refractivity contribution in [2.24, 2.45) is 0 Å². The summed E-state index contributed by atoms with van der Waals surface area (Å²) in [6, 6.07) is 8.10. The first-order chi connectivity index (χ1) is 7.34. The van der Waals surface area contributed by atoms with Gasteiger partial charge in [0.1, 0.15) is 12.4 Å². The molecule has 0 radical (unpaired) electrons. The molecule has 4 heteroatoms. The van der Waals surface area contributed by atoms with Gasteiger partial charge in [-0.2, -0.15) is 0 Å². The third kappa shape index (κ3) is 1.52. The lowest BCUT2D eigenvalue weighted by Crippen LogP contribution is -2.12. The molecule has 0 saturated carbocycles. The van der Waals surface area contributed by atoms with Crippen molar-refractivity contribution >= 4 is 22.6 Å². The van der Waals surface area contributed by atoms with Crippen LogP contribution in [0.5, 0.6) is 0 Å². The van der Waals surface area contributed by atoms with Gasteiger partial charge in [0.25, 0.3) is 0 Å². The molecule has 0 fully saturated rings. The largest absolute Gasteiger partial charge is 0.372 e. The molecule has 0 amide bonds. The monoisotopic (exact) mass is 222 g/mol. The van der Waals surface area contributed by atoms with Crippen LogP contribution >= 0.6 is 11.6 Å². The Labute approximate surface area is 92.6 Å². The van der Waals surface area contributed by atoms with E-state index in [0.29, 0.717) is 13.2 Å². The predicted octanol–water partition coefficient (Wildman–Crippen LogP) is 2.17. The minimum absolute atomic E-state index is 0.0313. The van der Waals surface area contributed by atoms with Crippen LogP contribution in [0.25, 0.3) is 11.0 Å². The van der Waals surface area contributed by atoms with Crippen LogP contribution < -0.4 is 0 Å². The molecule has 78 valence electrons. The van der Waals surface area contributed by atoms with E-state index in [1.165, 1.54) is 0 Å². The van der Waals surface area contributed by atoms with E-state index in [1.807, 2.05) is 18.2 Å². The number of imidazole rings is 1. The summed E-state index contributed by atoms with van der Waals surface area (Å²) in [6.45, 7) is 1.93. The number of para-hydroxylation sites is 2. The molecule has 0 spiro atoms. The van der Waals surface area contributed by atoms with Crippen molar-refractivity contribution in [1.29, 1.82) is 0 Å². The van der Waals surface area contributed by atoms with Gasteiger partial charge in [0.15, 0.2) is 0 Å². The highest BCUT2D eigenvalue weighted by molar-refractivity contribution is 6.20. The average molecular weight is 223 g/mol. The fourth-order valence-electron chi connectivity index (χ4n) is 1.97. The van der Waals surface area contributed by atoms with Gasteiger partial charge in [-0.3, -0.25) is 0 Å². The summed E-state index contributed by atoms with van der Waals surface area (Å²) in [6.07, 6.45) is 0. The Morgan fingerprint density at radius 3 is 3.20 bits per heavy atom. The molecular formula is C11H11ClN2O. The van der Waals surface area contributed by atoms with E-state index >= 15 is 0 Å². The quantitative estimate of drug-likeness (QED) is 0.639. The molecule has 2 aromatic rings. The topological polar surface area (TPSA) is 27.1 Å². The summed E-state index contributed by atoms with van der Waals surface area (Å²) in [5.74, 6) is 0.972. The van der Waals surface area contributed by atoms with Gasteiger partial charge in [-0.1, -0.05) is 12.1 Å². The SMILES string of the molecule is Cl[C@@H]1COCc2nc3ccccc3n2C1. The van der Waals surface area contributed by atoms with Crippen molar-refractivity contribution in [2.75, 3.05) is 6.61 Å². The van der Waals surface area contributed by atoms with Crippen LogP contribution in [0.1, 0.15) is 5.82 Å². The van der Waals surface area contributed by atoms with Crippen molar-refractivity contribution in [3.05, 3.63) is 30.1 Å². The molecule has 3 rings (SSSR count). The second kappa shape index (κ2) is 3.51. The van der Waals surface area contributed by atoms with E-state index < -0.39 is 0 Å². The van der Waals surface area contributed by atoms with Gasteiger partial charge in [0.05, 0.1) is 23.0 Å². The van der Waals surface area contributed by atoms with Crippen LogP contribution in [-0.4, -0.2) is 21.5 Å². The molecule has 3 nitrogen and oxygen atoms in total. The molecule has 1 aromatic carbocycles. The van der Waals surface area contributed by atoms with Crippen molar-refractivity contribution in [1.82, 2.24) is 9.55 Å². The Hall–Kier alpha value is -1.06. The van der Waals surface area contributed by atoms with E-state index in [4.69, 9.17) is 16.3 Å². The first-order valence-corrected chi connectivity index (χ1v) is 5.44. The van der Waals surface area contributed by atoms with Gasteiger partial charge >= 0.3 is 0 Å². The molecular weight excluding hydrogens is 212 g/mol. The molecule has 15 heavy (non-hydrogen) atoms. The number of aromatic nitrogens is 2. The van der Waals surface area contributed by atoms with Gasteiger partial charge in [-0.25, -0.2) is 4.98 Å². The highest BCUT2D eigenvalue weighted by Gasteiger charge is 2.18. The first-order valence-electron chi connectivity index (χ1n) is 5.00. The first kappa shape index (κ1) is 9.19. The van der Waals surface area contributed by atoms with Gasteiger partial charge in [0, 0.05) is 6.54 Å². The molecule has 1 atom stereocenters. The van der Waals surface area contributed by atoms with Crippen molar-refractivity contribution in [3.63, 3.8) is 0 Å². The second-order valence-corrected chi connectivity index (χ2v) is 4.36. The fraction of sp³-hybridized carbons (Fsp3) is 0.364. The summed E-state index contributed by atoms with van der Waals surface area (Å²) in [7, 11) is 0. The summed E-state index contributed by atoms with van der Waals surface area (Å²) < 4.78 is 7.60. The third-order valence-electron chi connectivity index (χ3n) is 2.64. The smallest absolute Gasteiger partial charge is 0.136 e. The lowest BCUT2D eigenvalue weighted by molar-refractivity contribution is 0.124. The Balaban J connectivity index is 2.20.